The molecule has 0 saturated carbocycles. The summed E-state index contributed by atoms with van der Waals surface area (Å²) in [6.45, 7) is 4.14. The van der Waals surface area contributed by atoms with Crippen molar-refractivity contribution in [1.29, 1.82) is 0 Å². The van der Waals surface area contributed by atoms with Gasteiger partial charge in [-0.05, 0) is 65.0 Å². The molecule has 148 valence electrons. The molecule has 0 aliphatic heterocycles. The highest BCUT2D eigenvalue weighted by molar-refractivity contribution is 14.1. The Morgan fingerprint density at radius 1 is 0.846 bits per heavy atom. The summed E-state index contributed by atoms with van der Waals surface area (Å²) in [7, 11) is 0. The highest BCUT2D eigenvalue weighted by Crippen LogP contribution is 2.28. The third-order valence-corrected chi connectivity index (χ3v) is 5.83. The van der Waals surface area contributed by atoms with Crippen LogP contribution in [0.25, 0.3) is 0 Å². The summed E-state index contributed by atoms with van der Waals surface area (Å²) in [4.78, 5) is 10.8. The van der Waals surface area contributed by atoms with E-state index in [4.69, 9.17) is 5.11 Å². The molecule has 1 aromatic carbocycles. The lowest BCUT2D eigenvalue weighted by atomic mass is 9.83. The van der Waals surface area contributed by atoms with E-state index in [9.17, 15) is 4.79 Å². The van der Waals surface area contributed by atoms with E-state index in [2.05, 4.69) is 60.7 Å². The van der Waals surface area contributed by atoms with Crippen LogP contribution in [0.1, 0.15) is 96.5 Å². The Hall–Kier alpha value is -0.580. The van der Waals surface area contributed by atoms with Crippen molar-refractivity contribution < 1.29 is 9.90 Å². The van der Waals surface area contributed by atoms with Gasteiger partial charge in [0.25, 0.3) is 0 Å². The summed E-state index contributed by atoms with van der Waals surface area (Å²) in [5.41, 5.74) is 1.42. The zero-order valence-corrected chi connectivity index (χ0v) is 18.9. The van der Waals surface area contributed by atoms with Gasteiger partial charge >= 0.3 is 5.97 Å². The SMILES string of the molecule is CC(C)(CCCCCCCCCCCCc1ccc([125I])cc1)CC(=O)O. The second-order valence-corrected chi connectivity index (χ2v) is 9.64. The molecule has 3 heteroatoms. The van der Waals surface area contributed by atoms with E-state index in [1.807, 2.05) is 0 Å². The van der Waals surface area contributed by atoms with E-state index in [0.29, 0.717) is 0 Å². The highest BCUT2D eigenvalue weighted by atomic mass is 125. The lowest BCUT2D eigenvalue weighted by Gasteiger charge is -2.21. The molecule has 0 heterocycles. The van der Waals surface area contributed by atoms with Crippen LogP contribution in [-0.4, -0.2) is 11.1 Å². The summed E-state index contributed by atoms with van der Waals surface area (Å²) in [6.07, 6.45) is 15.7. The molecule has 2 nitrogen and oxygen atoms in total. The van der Waals surface area contributed by atoms with Gasteiger partial charge in [0.15, 0.2) is 0 Å². The molecular formula is C23H37IO2. The molecule has 0 fully saturated rings. The normalized spacial score (nSPS) is 11.7. The van der Waals surface area contributed by atoms with Gasteiger partial charge in [0.1, 0.15) is 0 Å². The molecule has 1 N–H and O–H groups in total. The fourth-order valence-electron chi connectivity index (χ4n) is 3.50. The second kappa shape index (κ2) is 13.6. The van der Waals surface area contributed by atoms with Crippen molar-refractivity contribution in [3.8, 4) is 0 Å². The average molecular weight is 470 g/mol. The van der Waals surface area contributed by atoms with Gasteiger partial charge in [-0.2, -0.15) is 0 Å². The molecule has 1 rings (SSSR count). The molecular weight excluding hydrogens is 433 g/mol. The summed E-state index contributed by atoms with van der Waals surface area (Å²) in [6, 6.07) is 8.90. The minimum absolute atomic E-state index is 0.0515. The third-order valence-electron chi connectivity index (χ3n) is 5.11. The van der Waals surface area contributed by atoms with Crippen LogP contribution in [0.5, 0.6) is 0 Å². The molecule has 0 unspecified atom stereocenters. The number of aryl methyl sites for hydroxylation is 1. The monoisotopic (exact) mass is 470 g/mol. The molecule has 1 aromatic rings. The smallest absolute Gasteiger partial charge is 0.303 e. The van der Waals surface area contributed by atoms with Crippen LogP contribution < -0.4 is 0 Å². The molecule has 0 aromatic heterocycles. The Kier molecular flexibility index (Phi) is 12.2. The first-order valence-corrected chi connectivity index (χ1v) is 11.4. The molecule has 0 radical (unpaired) electrons. The Bertz CT molecular complexity index is 493. The molecule has 0 aliphatic carbocycles. The fourth-order valence-corrected chi connectivity index (χ4v) is 3.86. The van der Waals surface area contributed by atoms with E-state index < -0.39 is 5.97 Å². The highest BCUT2D eigenvalue weighted by Gasteiger charge is 2.20. The zero-order chi connectivity index (χ0) is 19.3. The second-order valence-electron chi connectivity index (χ2n) is 8.40. The van der Waals surface area contributed by atoms with Crippen LogP contribution in [0.2, 0.25) is 0 Å². The van der Waals surface area contributed by atoms with Gasteiger partial charge in [-0.3, -0.25) is 4.79 Å². The number of carbonyl (C=O) groups is 1. The van der Waals surface area contributed by atoms with Crippen LogP contribution in [-0.2, 0) is 11.2 Å². The summed E-state index contributed by atoms with van der Waals surface area (Å²) in [5, 5.41) is 8.89. The lowest BCUT2D eigenvalue weighted by Crippen LogP contribution is -2.16. The number of aliphatic carboxylic acids is 1. The molecule has 0 bridgehead atoms. The average Bonchev–Trinajstić information content (AvgIpc) is 2.56. The van der Waals surface area contributed by atoms with Crippen molar-refractivity contribution in [1.82, 2.24) is 0 Å². The van der Waals surface area contributed by atoms with Crippen molar-refractivity contribution >= 4 is 28.6 Å². The Morgan fingerprint density at radius 3 is 1.81 bits per heavy atom. The largest absolute Gasteiger partial charge is 0.481 e. The van der Waals surface area contributed by atoms with Gasteiger partial charge in [-0.15, -0.1) is 0 Å². The predicted molar refractivity (Wildman–Crippen MR) is 120 cm³/mol. The molecule has 26 heavy (non-hydrogen) atoms. The van der Waals surface area contributed by atoms with Gasteiger partial charge < -0.3 is 5.11 Å². The number of carboxylic acids is 1. The number of halogens is 1. The van der Waals surface area contributed by atoms with E-state index in [1.54, 1.807) is 0 Å². The maximum Gasteiger partial charge on any atom is 0.303 e. The fraction of sp³-hybridized carbons (Fsp3) is 0.696. The van der Waals surface area contributed by atoms with Gasteiger partial charge in [0.05, 0.1) is 6.42 Å². The number of carboxylic acid groups (broad SMARTS) is 1. The van der Waals surface area contributed by atoms with Crippen molar-refractivity contribution in [2.24, 2.45) is 5.41 Å². The molecule has 0 aliphatic rings. The van der Waals surface area contributed by atoms with Crippen LogP contribution >= 0.6 is 22.6 Å². The summed E-state index contributed by atoms with van der Waals surface area (Å²) < 4.78 is 1.32. The van der Waals surface area contributed by atoms with Crippen molar-refractivity contribution in [2.45, 2.75) is 97.3 Å². The first-order chi connectivity index (χ1) is 12.4. The van der Waals surface area contributed by atoms with Crippen LogP contribution in [0.4, 0.5) is 0 Å². The topological polar surface area (TPSA) is 37.3 Å². The van der Waals surface area contributed by atoms with Crippen molar-refractivity contribution in [2.75, 3.05) is 0 Å². The standard InChI is InChI=1S/C23H37IO2/c1-23(2,19-22(25)26)18-12-10-8-6-4-3-5-7-9-11-13-20-14-16-21(24)17-15-20/h14-17H,3-13,18-19H2,1-2H3,(H,25,26)/i24-2. The molecule has 0 saturated heterocycles. The third kappa shape index (κ3) is 12.7. The number of hydrogen-bond donors (Lipinski definition) is 1. The van der Waals surface area contributed by atoms with Crippen molar-refractivity contribution in [3.63, 3.8) is 0 Å². The van der Waals surface area contributed by atoms with Gasteiger partial charge in [-0.25, -0.2) is 0 Å². The van der Waals surface area contributed by atoms with Gasteiger partial charge in [-0.1, -0.05) is 83.8 Å². The quantitative estimate of drug-likeness (QED) is 0.211. The van der Waals surface area contributed by atoms with Crippen LogP contribution in [0.15, 0.2) is 24.3 Å². The molecule has 0 spiro atoms. The Labute approximate surface area is 174 Å². The van der Waals surface area contributed by atoms with E-state index in [1.165, 1.54) is 79.8 Å². The minimum atomic E-state index is -0.673. The number of unbranched alkanes of at least 4 members (excludes halogenated alkanes) is 9. The maximum atomic E-state index is 10.8. The zero-order valence-electron chi connectivity index (χ0n) is 16.7. The van der Waals surface area contributed by atoms with Gasteiger partial charge in [0.2, 0.25) is 0 Å². The van der Waals surface area contributed by atoms with E-state index >= 15 is 0 Å². The van der Waals surface area contributed by atoms with Crippen LogP contribution in [0, 0.1) is 8.99 Å². The maximum absolute atomic E-state index is 10.8. The number of benzene rings is 1. The van der Waals surface area contributed by atoms with E-state index in [-0.39, 0.29) is 11.8 Å². The summed E-state index contributed by atoms with van der Waals surface area (Å²) in [5.74, 6) is -0.673. The summed E-state index contributed by atoms with van der Waals surface area (Å²) >= 11 is 2.36. The number of hydrogen-bond acceptors (Lipinski definition) is 1. The van der Waals surface area contributed by atoms with Crippen LogP contribution in [0.3, 0.4) is 0 Å². The Balaban J connectivity index is 1.86. The van der Waals surface area contributed by atoms with Crippen molar-refractivity contribution in [3.05, 3.63) is 33.4 Å². The van der Waals surface area contributed by atoms with Gasteiger partial charge in [0, 0.05) is 3.57 Å². The lowest BCUT2D eigenvalue weighted by molar-refractivity contribution is -0.139. The first kappa shape index (κ1) is 23.5. The predicted octanol–water partition coefficient (Wildman–Crippen LogP) is 7.63. The molecule has 0 amide bonds. The minimum Gasteiger partial charge on any atom is -0.481 e. The number of rotatable bonds is 15. The Morgan fingerprint density at radius 2 is 1.31 bits per heavy atom. The van der Waals surface area contributed by atoms with E-state index in [0.717, 1.165) is 6.42 Å². The molecule has 0 atom stereocenters. The first-order valence-electron chi connectivity index (χ1n) is 10.4.